The van der Waals surface area contributed by atoms with Crippen molar-refractivity contribution in [2.24, 2.45) is 0 Å². The summed E-state index contributed by atoms with van der Waals surface area (Å²) in [7, 11) is 0. The zero-order chi connectivity index (χ0) is 22.0. The average molecular weight is 425 g/mol. The van der Waals surface area contributed by atoms with Crippen LogP contribution in [0.3, 0.4) is 0 Å². The predicted octanol–water partition coefficient (Wildman–Crippen LogP) is 10.5. The van der Waals surface area contributed by atoms with Crippen molar-refractivity contribution in [2.45, 2.75) is 187 Å². The summed E-state index contributed by atoms with van der Waals surface area (Å²) in [6, 6.07) is 0. The Labute approximate surface area is 192 Å². The molecule has 0 heterocycles. The predicted molar refractivity (Wildman–Crippen MR) is 137 cm³/mol. The van der Waals surface area contributed by atoms with Gasteiger partial charge in [0.15, 0.2) is 0 Å². The molecule has 0 unspecified atom stereocenters. The van der Waals surface area contributed by atoms with Gasteiger partial charge in [-0.15, -0.1) is 0 Å². The Morgan fingerprint density at radius 3 is 0.767 bits per heavy atom. The molecule has 0 saturated carbocycles. The summed E-state index contributed by atoms with van der Waals surface area (Å²) < 4.78 is 0. The van der Waals surface area contributed by atoms with E-state index in [9.17, 15) is 5.11 Å². The summed E-state index contributed by atoms with van der Waals surface area (Å²) in [5.41, 5.74) is 0. The smallest absolute Gasteiger partial charge is 0.0540 e. The van der Waals surface area contributed by atoms with E-state index in [1.54, 1.807) is 0 Å². The number of hydrogen-bond donors (Lipinski definition) is 1. The maximum Gasteiger partial charge on any atom is 0.0540 e. The summed E-state index contributed by atoms with van der Waals surface area (Å²) in [4.78, 5) is 0. The maximum atomic E-state index is 10.2. The zero-order valence-electron chi connectivity index (χ0n) is 21.4. The van der Waals surface area contributed by atoms with Crippen LogP contribution in [0.5, 0.6) is 0 Å². The molecule has 0 aromatic rings. The Bertz CT molecular complexity index is 288. The Kier molecular flexibility index (Phi) is 27.0. The fourth-order valence-electron chi connectivity index (χ4n) is 4.59. The number of rotatable bonds is 26. The van der Waals surface area contributed by atoms with E-state index in [-0.39, 0.29) is 6.10 Å². The van der Waals surface area contributed by atoms with Crippen LogP contribution in [0.15, 0.2) is 0 Å². The first kappa shape index (κ1) is 30.0. The van der Waals surface area contributed by atoms with Gasteiger partial charge in [-0.05, 0) is 12.8 Å². The lowest BCUT2D eigenvalue weighted by atomic mass is 10.0. The quantitative estimate of drug-likeness (QED) is 0.137. The van der Waals surface area contributed by atoms with E-state index in [0.29, 0.717) is 0 Å². The van der Waals surface area contributed by atoms with Crippen LogP contribution >= 0.6 is 0 Å². The van der Waals surface area contributed by atoms with Crippen LogP contribution in [0.25, 0.3) is 0 Å². The van der Waals surface area contributed by atoms with E-state index in [2.05, 4.69) is 13.8 Å². The van der Waals surface area contributed by atoms with Crippen molar-refractivity contribution in [2.75, 3.05) is 0 Å². The van der Waals surface area contributed by atoms with Gasteiger partial charge in [-0.1, -0.05) is 168 Å². The Balaban J connectivity index is 3.12. The molecule has 0 amide bonds. The molecule has 1 heteroatoms. The number of aliphatic hydroxyl groups is 1. The molecule has 0 aliphatic rings. The van der Waals surface area contributed by atoms with Gasteiger partial charge in [-0.3, -0.25) is 0 Å². The van der Waals surface area contributed by atoms with Crippen LogP contribution < -0.4 is 0 Å². The molecule has 0 aromatic carbocycles. The molecule has 182 valence electrons. The third-order valence-electron chi connectivity index (χ3n) is 6.78. The normalized spacial score (nSPS) is 12.5. The van der Waals surface area contributed by atoms with Crippen LogP contribution in [0.1, 0.15) is 181 Å². The number of unbranched alkanes of at least 4 members (excludes halogenated alkanes) is 22. The molecule has 0 bridgehead atoms. The Morgan fingerprint density at radius 2 is 0.533 bits per heavy atom. The molecular weight excluding hydrogens is 364 g/mol. The first-order valence-corrected chi connectivity index (χ1v) is 14.5. The second kappa shape index (κ2) is 27.0. The van der Waals surface area contributed by atoms with Crippen molar-refractivity contribution in [1.29, 1.82) is 0 Å². The minimum Gasteiger partial charge on any atom is -0.393 e. The highest BCUT2D eigenvalue weighted by Gasteiger charge is 2.03. The molecule has 0 spiro atoms. The van der Waals surface area contributed by atoms with Gasteiger partial charge in [0.1, 0.15) is 0 Å². The standard InChI is InChI=1S/C29H60O/c1-3-5-7-9-11-13-14-15-16-17-18-20-22-24-26-28-29(30)27-25-23-21-19-12-10-8-6-4-2/h29-30H,3-28H2,1-2H3/t29-/m1/s1. The first-order valence-electron chi connectivity index (χ1n) is 14.5. The SMILES string of the molecule is CCCCCCCCCCCCCCCCC[C@H](O)CCCCCCCCCCC. The highest BCUT2D eigenvalue weighted by Crippen LogP contribution is 2.16. The van der Waals surface area contributed by atoms with Crippen molar-refractivity contribution in [1.82, 2.24) is 0 Å². The van der Waals surface area contributed by atoms with E-state index in [4.69, 9.17) is 0 Å². The topological polar surface area (TPSA) is 20.2 Å². The fourth-order valence-corrected chi connectivity index (χ4v) is 4.59. The van der Waals surface area contributed by atoms with Crippen molar-refractivity contribution < 1.29 is 5.11 Å². The molecule has 1 N–H and O–H groups in total. The maximum absolute atomic E-state index is 10.2. The van der Waals surface area contributed by atoms with Gasteiger partial charge in [0, 0.05) is 0 Å². The second-order valence-electron chi connectivity index (χ2n) is 10.0. The number of aliphatic hydroxyl groups excluding tert-OH is 1. The highest BCUT2D eigenvalue weighted by molar-refractivity contribution is 4.58. The lowest BCUT2D eigenvalue weighted by Gasteiger charge is -2.10. The van der Waals surface area contributed by atoms with Gasteiger partial charge < -0.3 is 5.11 Å². The summed E-state index contributed by atoms with van der Waals surface area (Å²) >= 11 is 0. The lowest BCUT2D eigenvalue weighted by molar-refractivity contribution is 0.147. The molecular formula is C29H60O. The van der Waals surface area contributed by atoms with Crippen LogP contribution in [0, 0.1) is 0 Å². The molecule has 1 nitrogen and oxygen atoms in total. The van der Waals surface area contributed by atoms with Gasteiger partial charge in [-0.2, -0.15) is 0 Å². The lowest BCUT2D eigenvalue weighted by Crippen LogP contribution is -2.05. The average Bonchev–Trinajstić information content (AvgIpc) is 2.75. The summed E-state index contributed by atoms with van der Waals surface area (Å²) in [6.07, 6.45) is 35.6. The molecule has 1 atom stereocenters. The van der Waals surface area contributed by atoms with Gasteiger partial charge in [0.25, 0.3) is 0 Å². The summed E-state index contributed by atoms with van der Waals surface area (Å²) in [6.45, 7) is 4.58. The molecule has 0 saturated heterocycles. The second-order valence-corrected chi connectivity index (χ2v) is 10.0. The van der Waals surface area contributed by atoms with E-state index >= 15 is 0 Å². The molecule has 0 rings (SSSR count). The van der Waals surface area contributed by atoms with Crippen LogP contribution in [-0.4, -0.2) is 11.2 Å². The third kappa shape index (κ3) is 26.0. The largest absolute Gasteiger partial charge is 0.393 e. The summed E-state index contributed by atoms with van der Waals surface area (Å²) in [5.74, 6) is 0. The molecule has 0 radical (unpaired) electrons. The van der Waals surface area contributed by atoms with Gasteiger partial charge in [-0.25, -0.2) is 0 Å². The zero-order valence-corrected chi connectivity index (χ0v) is 21.4. The molecule has 0 aliphatic carbocycles. The van der Waals surface area contributed by atoms with E-state index in [0.717, 1.165) is 12.8 Å². The van der Waals surface area contributed by atoms with Crippen molar-refractivity contribution in [3.63, 3.8) is 0 Å². The molecule has 30 heavy (non-hydrogen) atoms. The van der Waals surface area contributed by atoms with Crippen LogP contribution in [0.2, 0.25) is 0 Å². The number of hydrogen-bond acceptors (Lipinski definition) is 1. The van der Waals surface area contributed by atoms with Gasteiger partial charge >= 0.3 is 0 Å². The van der Waals surface area contributed by atoms with Crippen molar-refractivity contribution >= 4 is 0 Å². The van der Waals surface area contributed by atoms with E-state index in [1.165, 1.54) is 154 Å². The highest BCUT2D eigenvalue weighted by atomic mass is 16.3. The Morgan fingerprint density at radius 1 is 0.333 bits per heavy atom. The third-order valence-corrected chi connectivity index (χ3v) is 6.78. The first-order chi connectivity index (χ1) is 14.8. The van der Waals surface area contributed by atoms with Crippen molar-refractivity contribution in [3.8, 4) is 0 Å². The van der Waals surface area contributed by atoms with E-state index in [1.807, 2.05) is 0 Å². The summed E-state index contributed by atoms with van der Waals surface area (Å²) in [5, 5.41) is 10.2. The van der Waals surface area contributed by atoms with Crippen LogP contribution in [0.4, 0.5) is 0 Å². The molecule has 0 aromatic heterocycles. The van der Waals surface area contributed by atoms with Gasteiger partial charge in [0.2, 0.25) is 0 Å². The van der Waals surface area contributed by atoms with E-state index < -0.39 is 0 Å². The minimum absolute atomic E-state index is 0.0310. The molecule has 0 fully saturated rings. The fraction of sp³-hybridized carbons (Fsp3) is 1.00. The van der Waals surface area contributed by atoms with Gasteiger partial charge in [0.05, 0.1) is 6.10 Å². The Hall–Kier alpha value is -0.0400. The monoisotopic (exact) mass is 424 g/mol. The minimum atomic E-state index is -0.0310. The van der Waals surface area contributed by atoms with Crippen LogP contribution in [-0.2, 0) is 0 Å². The molecule has 0 aliphatic heterocycles. The van der Waals surface area contributed by atoms with Crippen molar-refractivity contribution in [3.05, 3.63) is 0 Å².